The molecule has 1 aliphatic heterocycles. The molecule has 3 heteroatoms. The Bertz CT molecular complexity index is 430. The summed E-state index contributed by atoms with van der Waals surface area (Å²) >= 11 is 3.47. The Morgan fingerprint density at radius 1 is 1.06 bits per heavy atom. The maximum Gasteiger partial charge on any atom is 0.124 e. The first-order chi connectivity index (χ1) is 8.69. The Hall–Kier alpha value is -0.570. The van der Waals surface area contributed by atoms with Crippen LogP contribution >= 0.6 is 15.9 Å². The Morgan fingerprint density at radius 2 is 1.72 bits per heavy atom. The molecule has 0 N–H and O–H groups in total. The highest BCUT2D eigenvalue weighted by Crippen LogP contribution is 2.45. The SMILES string of the molecule is Fc1ccc(N2CC3(CCCCCC3)C2)c(Br)c1. The van der Waals surface area contributed by atoms with Gasteiger partial charge in [-0.15, -0.1) is 0 Å². The van der Waals surface area contributed by atoms with E-state index in [-0.39, 0.29) is 5.82 Å². The molecule has 2 aliphatic rings. The molecule has 2 fully saturated rings. The van der Waals surface area contributed by atoms with Crippen molar-refractivity contribution in [1.82, 2.24) is 0 Å². The van der Waals surface area contributed by atoms with Crippen molar-refractivity contribution < 1.29 is 4.39 Å². The van der Waals surface area contributed by atoms with Crippen molar-refractivity contribution in [1.29, 1.82) is 0 Å². The summed E-state index contributed by atoms with van der Waals surface area (Å²) < 4.78 is 14.0. The van der Waals surface area contributed by atoms with Gasteiger partial charge in [-0.1, -0.05) is 25.7 Å². The van der Waals surface area contributed by atoms with Gasteiger partial charge in [0.25, 0.3) is 0 Å². The zero-order chi connectivity index (χ0) is 12.6. The second-order valence-electron chi connectivity index (χ2n) is 5.87. The van der Waals surface area contributed by atoms with Crippen molar-refractivity contribution in [2.24, 2.45) is 5.41 Å². The van der Waals surface area contributed by atoms with E-state index in [9.17, 15) is 4.39 Å². The van der Waals surface area contributed by atoms with Crippen LogP contribution in [0.2, 0.25) is 0 Å². The van der Waals surface area contributed by atoms with Crippen molar-refractivity contribution in [3.05, 3.63) is 28.5 Å². The summed E-state index contributed by atoms with van der Waals surface area (Å²) in [6.45, 7) is 2.30. The maximum atomic E-state index is 13.1. The lowest BCUT2D eigenvalue weighted by molar-refractivity contribution is 0.180. The van der Waals surface area contributed by atoms with Crippen molar-refractivity contribution >= 4 is 21.6 Å². The van der Waals surface area contributed by atoms with Crippen LogP contribution in [-0.2, 0) is 0 Å². The van der Waals surface area contributed by atoms with Gasteiger partial charge in [0.1, 0.15) is 5.82 Å². The fourth-order valence-corrected chi connectivity index (χ4v) is 4.07. The molecular formula is C15H19BrFN. The van der Waals surface area contributed by atoms with Crippen molar-refractivity contribution in [3.8, 4) is 0 Å². The van der Waals surface area contributed by atoms with Crippen LogP contribution in [0.1, 0.15) is 38.5 Å². The molecule has 1 aromatic carbocycles. The van der Waals surface area contributed by atoms with Gasteiger partial charge >= 0.3 is 0 Å². The third-order valence-corrected chi connectivity index (χ3v) is 5.10. The molecule has 1 aliphatic carbocycles. The average molecular weight is 312 g/mol. The van der Waals surface area contributed by atoms with Gasteiger partial charge in [0.15, 0.2) is 0 Å². The molecular weight excluding hydrogens is 293 g/mol. The lowest BCUT2D eigenvalue weighted by atomic mass is 9.73. The molecule has 18 heavy (non-hydrogen) atoms. The molecule has 1 saturated carbocycles. The van der Waals surface area contributed by atoms with Crippen molar-refractivity contribution in [3.63, 3.8) is 0 Å². The van der Waals surface area contributed by atoms with E-state index >= 15 is 0 Å². The normalized spacial score (nSPS) is 22.7. The molecule has 98 valence electrons. The van der Waals surface area contributed by atoms with Gasteiger partial charge in [0, 0.05) is 23.0 Å². The lowest BCUT2D eigenvalue weighted by Crippen LogP contribution is -2.56. The predicted molar refractivity (Wildman–Crippen MR) is 76.4 cm³/mol. The minimum Gasteiger partial charge on any atom is -0.369 e. The molecule has 1 saturated heterocycles. The highest BCUT2D eigenvalue weighted by molar-refractivity contribution is 9.10. The zero-order valence-electron chi connectivity index (χ0n) is 10.6. The number of halogens is 2. The number of hydrogen-bond donors (Lipinski definition) is 0. The van der Waals surface area contributed by atoms with Crippen LogP contribution in [0.15, 0.2) is 22.7 Å². The van der Waals surface area contributed by atoms with E-state index in [4.69, 9.17) is 0 Å². The smallest absolute Gasteiger partial charge is 0.124 e. The summed E-state index contributed by atoms with van der Waals surface area (Å²) in [5, 5.41) is 0. The van der Waals surface area contributed by atoms with Crippen LogP contribution in [-0.4, -0.2) is 13.1 Å². The van der Waals surface area contributed by atoms with Crippen molar-refractivity contribution in [2.75, 3.05) is 18.0 Å². The summed E-state index contributed by atoms with van der Waals surface area (Å²) in [5.74, 6) is -0.171. The average Bonchev–Trinajstić information content (AvgIpc) is 2.53. The van der Waals surface area contributed by atoms with Crippen LogP contribution in [0.25, 0.3) is 0 Å². The van der Waals surface area contributed by atoms with E-state index in [1.165, 1.54) is 38.5 Å². The second kappa shape index (κ2) is 4.84. The van der Waals surface area contributed by atoms with Crippen LogP contribution in [0.3, 0.4) is 0 Å². The molecule has 1 aromatic rings. The van der Waals surface area contributed by atoms with Gasteiger partial charge in [0.05, 0.1) is 5.69 Å². The van der Waals surface area contributed by atoms with E-state index in [0.29, 0.717) is 5.41 Å². The molecule has 0 bridgehead atoms. The molecule has 0 radical (unpaired) electrons. The van der Waals surface area contributed by atoms with E-state index in [1.54, 1.807) is 12.1 Å². The molecule has 1 nitrogen and oxygen atoms in total. The number of anilines is 1. The van der Waals surface area contributed by atoms with Crippen LogP contribution in [0, 0.1) is 11.2 Å². The summed E-state index contributed by atoms with van der Waals surface area (Å²) in [5.41, 5.74) is 1.70. The molecule has 3 rings (SSSR count). The number of hydrogen-bond acceptors (Lipinski definition) is 1. The number of rotatable bonds is 1. The Balaban J connectivity index is 1.70. The highest BCUT2D eigenvalue weighted by Gasteiger charge is 2.42. The van der Waals surface area contributed by atoms with Gasteiger partial charge in [-0.3, -0.25) is 0 Å². The first-order valence-electron chi connectivity index (χ1n) is 6.89. The van der Waals surface area contributed by atoms with E-state index in [0.717, 1.165) is 23.2 Å². The molecule has 0 aromatic heterocycles. The van der Waals surface area contributed by atoms with Gasteiger partial charge in [0.2, 0.25) is 0 Å². The molecule has 0 atom stereocenters. The van der Waals surface area contributed by atoms with E-state index < -0.39 is 0 Å². The molecule has 0 unspecified atom stereocenters. The largest absolute Gasteiger partial charge is 0.369 e. The topological polar surface area (TPSA) is 3.24 Å². The van der Waals surface area contributed by atoms with Crippen LogP contribution in [0.4, 0.5) is 10.1 Å². The Labute approximate surface area is 116 Å². The monoisotopic (exact) mass is 311 g/mol. The van der Waals surface area contributed by atoms with Crippen LogP contribution < -0.4 is 4.90 Å². The van der Waals surface area contributed by atoms with E-state index in [1.807, 2.05) is 6.07 Å². The third kappa shape index (κ3) is 2.29. The van der Waals surface area contributed by atoms with Gasteiger partial charge in [-0.2, -0.15) is 0 Å². The maximum absolute atomic E-state index is 13.1. The lowest BCUT2D eigenvalue weighted by Gasteiger charge is -2.52. The summed E-state index contributed by atoms with van der Waals surface area (Å²) in [7, 11) is 0. The standard InChI is InChI=1S/C15H19BrFN/c16-13-9-12(17)5-6-14(13)18-10-15(11-18)7-3-1-2-4-8-15/h5-6,9H,1-4,7-8,10-11H2. The van der Waals surface area contributed by atoms with Gasteiger partial charge < -0.3 is 4.90 Å². The number of nitrogens with zero attached hydrogens (tertiary/aromatic N) is 1. The summed E-state index contributed by atoms with van der Waals surface area (Å²) in [4.78, 5) is 2.38. The van der Waals surface area contributed by atoms with E-state index in [2.05, 4.69) is 20.8 Å². The first kappa shape index (κ1) is 12.5. The minimum atomic E-state index is -0.171. The zero-order valence-corrected chi connectivity index (χ0v) is 12.2. The fraction of sp³-hybridized carbons (Fsp3) is 0.600. The second-order valence-corrected chi connectivity index (χ2v) is 6.72. The van der Waals surface area contributed by atoms with Gasteiger partial charge in [-0.25, -0.2) is 4.39 Å². The summed E-state index contributed by atoms with van der Waals surface area (Å²) in [6, 6.07) is 5.01. The highest BCUT2D eigenvalue weighted by atomic mass is 79.9. The molecule has 0 amide bonds. The third-order valence-electron chi connectivity index (χ3n) is 4.47. The Kier molecular flexibility index (Phi) is 3.35. The van der Waals surface area contributed by atoms with Crippen molar-refractivity contribution in [2.45, 2.75) is 38.5 Å². The molecule has 1 heterocycles. The van der Waals surface area contributed by atoms with Gasteiger partial charge in [-0.05, 0) is 47.0 Å². The Morgan fingerprint density at radius 3 is 2.33 bits per heavy atom. The quantitative estimate of drug-likeness (QED) is 0.723. The fourth-order valence-electron chi connectivity index (χ4n) is 3.47. The predicted octanol–water partition coefficient (Wildman–Crippen LogP) is 4.75. The molecule has 1 spiro atoms. The summed E-state index contributed by atoms with van der Waals surface area (Å²) in [6.07, 6.45) is 8.34. The first-order valence-corrected chi connectivity index (χ1v) is 7.68. The minimum absolute atomic E-state index is 0.171. The van der Waals surface area contributed by atoms with Crippen LogP contribution in [0.5, 0.6) is 0 Å². The number of benzene rings is 1.